The van der Waals surface area contributed by atoms with Crippen molar-refractivity contribution in [3.05, 3.63) is 106 Å². The van der Waals surface area contributed by atoms with E-state index in [9.17, 15) is 13.0 Å². The summed E-state index contributed by atoms with van der Waals surface area (Å²) in [5, 5.41) is 1.14. The second-order valence-corrected chi connectivity index (χ2v) is 17.4. The van der Waals surface area contributed by atoms with Crippen LogP contribution < -0.4 is 18.9 Å². The predicted octanol–water partition coefficient (Wildman–Crippen LogP) is 7.27. The molecule has 0 N–H and O–H groups in total. The first-order chi connectivity index (χ1) is 23.4. The Morgan fingerprint density at radius 3 is 2.67 bits per heavy atom. The second kappa shape index (κ2) is 13.0. The van der Waals surface area contributed by atoms with Crippen LogP contribution in [0.1, 0.15) is 50.2 Å². The van der Waals surface area contributed by atoms with Crippen molar-refractivity contribution in [1.82, 2.24) is 4.57 Å². The summed E-state index contributed by atoms with van der Waals surface area (Å²) < 4.78 is 54.0. The Balaban J connectivity index is 1.26. The third kappa shape index (κ3) is 6.88. The van der Waals surface area contributed by atoms with E-state index in [2.05, 4.69) is 97.7 Å². The van der Waals surface area contributed by atoms with Crippen molar-refractivity contribution in [3.63, 3.8) is 0 Å². The molecule has 2 aliphatic rings. The number of anilines is 1. The number of aryl methyl sites for hydroxylation is 2. The zero-order chi connectivity index (χ0) is 34.5. The maximum atomic E-state index is 11.5. The number of methoxy groups -OCH3 is 1. The number of hydrogen-bond acceptors (Lipinski definition) is 6. The topological polar surface area (TPSA) is 87.7 Å². The molecule has 2 aromatic heterocycles. The minimum absolute atomic E-state index is 0.0262. The third-order valence-corrected chi connectivity index (χ3v) is 12.4. The van der Waals surface area contributed by atoms with Gasteiger partial charge in [0.15, 0.2) is 0 Å². The van der Waals surface area contributed by atoms with E-state index in [1.807, 2.05) is 29.2 Å². The molecule has 0 saturated heterocycles. The molecule has 1 aliphatic carbocycles. The summed E-state index contributed by atoms with van der Waals surface area (Å²) in [6.45, 7) is 10.1. The first kappa shape index (κ1) is 33.4. The molecule has 0 unspecified atom stereocenters. The molecule has 3 aromatic carbocycles. The Labute approximate surface area is 294 Å². The van der Waals surface area contributed by atoms with Crippen LogP contribution >= 0.6 is 0 Å². The average molecular weight is 743 g/mol. The molecule has 1 aliphatic heterocycles. The van der Waals surface area contributed by atoms with Gasteiger partial charge in [-0.3, -0.25) is 0 Å². The van der Waals surface area contributed by atoms with E-state index < -0.39 is 15.9 Å². The van der Waals surface area contributed by atoms with Crippen molar-refractivity contribution < 1.29 is 27.0 Å². The molecule has 5 aromatic rings. The molecule has 0 radical (unpaired) electrons. The molecule has 0 fully saturated rings. The number of allylic oxidation sites excluding steroid dienone is 4. The van der Waals surface area contributed by atoms with Crippen LogP contribution in [-0.4, -0.2) is 51.4 Å². The van der Waals surface area contributed by atoms with Gasteiger partial charge in [-0.15, -0.1) is 0 Å². The second-order valence-electron chi connectivity index (χ2n) is 13.7. The normalized spacial score (nSPS) is 17.6. The average Bonchev–Trinajstić information content (AvgIpc) is 3.72. The van der Waals surface area contributed by atoms with E-state index in [0.29, 0.717) is 18.2 Å². The molecule has 10 heteroatoms. The van der Waals surface area contributed by atoms with Gasteiger partial charge in [0.2, 0.25) is 0 Å². The van der Waals surface area contributed by atoms with Crippen molar-refractivity contribution in [2.24, 2.45) is 5.41 Å². The number of ether oxygens (including phenoxy) is 2. The molecule has 0 saturated carbocycles. The van der Waals surface area contributed by atoms with Crippen LogP contribution in [0.3, 0.4) is 0 Å². The molecule has 3 heterocycles. The fourth-order valence-corrected chi connectivity index (χ4v) is 10.2. The first-order valence-corrected chi connectivity index (χ1v) is 19.9. The van der Waals surface area contributed by atoms with E-state index in [0.717, 1.165) is 58.6 Å². The molecule has 8 nitrogen and oxygen atoms in total. The number of para-hydroxylation sites is 1. The molecular formula is C39H41N3O5SSe. The van der Waals surface area contributed by atoms with Crippen LogP contribution in [0.25, 0.3) is 32.4 Å². The van der Waals surface area contributed by atoms with Crippen molar-refractivity contribution in [3.8, 4) is 17.2 Å². The van der Waals surface area contributed by atoms with E-state index in [-0.39, 0.29) is 26.3 Å². The molecule has 0 atom stereocenters. The summed E-state index contributed by atoms with van der Waals surface area (Å²) in [4.78, 5) is 2.02. The number of aromatic nitrogens is 2. The van der Waals surface area contributed by atoms with Gasteiger partial charge >= 0.3 is 235 Å². The number of rotatable bonds is 9. The van der Waals surface area contributed by atoms with Crippen molar-refractivity contribution >= 4 is 57.1 Å². The summed E-state index contributed by atoms with van der Waals surface area (Å²) >= 11 is 0.158. The van der Waals surface area contributed by atoms with Crippen molar-refractivity contribution in [1.29, 1.82) is 0 Å². The van der Waals surface area contributed by atoms with E-state index in [1.165, 1.54) is 19.9 Å². The number of nitrogens with zero attached hydrogens (tertiary/aromatic N) is 3. The van der Waals surface area contributed by atoms with E-state index in [1.54, 1.807) is 7.11 Å². The molecule has 254 valence electrons. The third-order valence-electron chi connectivity index (χ3n) is 9.29. The van der Waals surface area contributed by atoms with Crippen LogP contribution in [0.2, 0.25) is 0 Å². The molecule has 0 amide bonds. The zero-order valence-corrected chi connectivity index (χ0v) is 31.1. The fourth-order valence-electron chi connectivity index (χ4n) is 7.18. The monoisotopic (exact) mass is 743 g/mol. The summed E-state index contributed by atoms with van der Waals surface area (Å²) in [5.74, 6) is 1.84. The summed E-state index contributed by atoms with van der Waals surface area (Å²) in [6.07, 6.45) is 10.8. The van der Waals surface area contributed by atoms with Gasteiger partial charge in [-0.05, 0) is 17.5 Å². The fraction of sp³-hybridized carbons (Fsp3) is 0.308. The molecule has 0 spiro atoms. The summed E-state index contributed by atoms with van der Waals surface area (Å²) in [5.41, 5.74) is 7.77. The predicted molar refractivity (Wildman–Crippen MR) is 196 cm³/mol. The van der Waals surface area contributed by atoms with Gasteiger partial charge in [-0.25, -0.2) is 8.42 Å². The van der Waals surface area contributed by atoms with Crippen molar-refractivity contribution in [2.45, 2.75) is 53.5 Å². The quantitative estimate of drug-likeness (QED) is 0.0898. The molecule has 7 rings (SSSR count). The first-order valence-electron chi connectivity index (χ1n) is 16.6. The van der Waals surface area contributed by atoms with Gasteiger partial charge < -0.3 is 4.55 Å². The van der Waals surface area contributed by atoms with Crippen molar-refractivity contribution in [2.75, 3.05) is 24.3 Å². The van der Waals surface area contributed by atoms with Gasteiger partial charge in [0.05, 0.1) is 5.52 Å². The van der Waals surface area contributed by atoms with Gasteiger partial charge in [-0.1, -0.05) is 18.2 Å². The van der Waals surface area contributed by atoms with Crippen LogP contribution in [-0.2, 0) is 16.7 Å². The van der Waals surface area contributed by atoms with Gasteiger partial charge in [0.1, 0.15) is 0 Å². The SMILES string of the molecule is CC[n+]1c(/C=C2C=C(/C=C3\Oc4ccc(-n5ccc6ccccc65)cc4N3CCCS(=O)(=O)[O-])CC(C)(C)C\2)[se]c2cc(OC)c(C)cc21. The Bertz CT molecular complexity index is 2290. The van der Waals surface area contributed by atoms with Crippen LogP contribution in [0.15, 0.2) is 96.0 Å². The maximum absolute atomic E-state index is 11.5. The molecule has 49 heavy (non-hydrogen) atoms. The molecule has 0 bridgehead atoms. The van der Waals surface area contributed by atoms with E-state index >= 15 is 0 Å². The Morgan fingerprint density at radius 2 is 1.90 bits per heavy atom. The number of hydrogen-bond donors (Lipinski definition) is 0. The number of benzene rings is 3. The Morgan fingerprint density at radius 1 is 1.08 bits per heavy atom. The summed E-state index contributed by atoms with van der Waals surface area (Å²) in [7, 11) is -2.61. The van der Waals surface area contributed by atoms with E-state index in [4.69, 9.17) is 9.47 Å². The van der Waals surface area contributed by atoms with Gasteiger partial charge in [-0.2, -0.15) is 0 Å². The minimum atomic E-state index is -4.34. The van der Waals surface area contributed by atoms with Crippen LogP contribution in [0.4, 0.5) is 5.69 Å². The molecular weight excluding hydrogens is 701 g/mol. The van der Waals surface area contributed by atoms with Gasteiger partial charge in [0.25, 0.3) is 0 Å². The van der Waals surface area contributed by atoms with Gasteiger partial charge in [0, 0.05) is 6.20 Å². The zero-order valence-electron chi connectivity index (χ0n) is 28.5. The van der Waals surface area contributed by atoms with Crippen LogP contribution in [0, 0.1) is 12.3 Å². The Hall–Kier alpha value is -4.08. The summed E-state index contributed by atoms with van der Waals surface area (Å²) in [6, 6.07) is 20.8. The number of fused-ring (bicyclic) bond motifs is 3. The standard InChI is InChI=1S/C39H41N3O5SSe/c1-6-40-33-18-26(2)35(46-5)23-36(33)49-38(40)21-28-19-27(24-39(3,4)25-28)20-37-42(15-9-17-48(43,44)45)32-22-30(12-13-34(32)47-37)41-16-14-29-10-7-8-11-31(29)41/h7-8,10-14,16,18-23H,6,9,15,17,24-25H2,1-5H3. The van der Waals surface area contributed by atoms with Crippen LogP contribution in [0.5, 0.6) is 11.5 Å². The Kier molecular flexibility index (Phi) is 8.86.